The van der Waals surface area contributed by atoms with E-state index in [0.717, 1.165) is 45.2 Å². The van der Waals surface area contributed by atoms with E-state index in [1.165, 1.54) is 25.7 Å². The highest BCUT2D eigenvalue weighted by atomic mass is 16.3. The zero-order chi connectivity index (χ0) is 15.1. The lowest BCUT2D eigenvalue weighted by molar-refractivity contribution is 0.0391. The Morgan fingerprint density at radius 2 is 1.80 bits per heavy atom. The minimum absolute atomic E-state index is 0.370. The van der Waals surface area contributed by atoms with Gasteiger partial charge in [0.15, 0.2) is 0 Å². The Hall–Kier alpha value is -0.120. The molecule has 0 spiro atoms. The molecule has 0 amide bonds. The summed E-state index contributed by atoms with van der Waals surface area (Å²) in [5, 5.41) is 23.4. The zero-order valence-electron chi connectivity index (χ0n) is 13.7. The van der Waals surface area contributed by atoms with Gasteiger partial charge in [0.2, 0.25) is 0 Å². The first-order chi connectivity index (χ1) is 9.31. The number of hydrogen-bond acceptors (Lipinski definition) is 3. The van der Waals surface area contributed by atoms with E-state index >= 15 is 0 Å². The van der Waals surface area contributed by atoms with Gasteiger partial charge in [-0.05, 0) is 65.0 Å². The predicted molar refractivity (Wildman–Crippen MR) is 84.8 cm³/mol. The largest absolute Gasteiger partial charge is 0.390 e. The van der Waals surface area contributed by atoms with Gasteiger partial charge in [-0.1, -0.05) is 32.6 Å². The highest BCUT2D eigenvalue weighted by Crippen LogP contribution is 2.31. The molecule has 1 rings (SSSR count). The van der Waals surface area contributed by atoms with Crippen LogP contribution in [0.2, 0.25) is 0 Å². The van der Waals surface area contributed by atoms with E-state index in [9.17, 15) is 10.2 Å². The summed E-state index contributed by atoms with van der Waals surface area (Å²) in [7, 11) is 0. The summed E-state index contributed by atoms with van der Waals surface area (Å²) in [5.74, 6) is 0.708. The smallest absolute Gasteiger partial charge is 0.0659 e. The van der Waals surface area contributed by atoms with Gasteiger partial charge < -0.3 is 15.5 Å². The second kappa shape index (κ2) is 8.35. The van der Waals surface area contributed by atoms with Crippen molar-refractivity contribution in [1.29, 1.82) is 0 Å². The first-order valence-electron chi connectivity index (χ1n) is 8.46. The topological polar surface area (TPSA) is 52.5 Å². The lowest BCUT2D eigenvalue weighted by Gasteiger charge is -2.22. The molecule has 1 saturated carbocycles. The van der Waals surface area contributed by atoms with Gasteiger partial charge in [-0.3, -0.25) is 0 Å². The molecule has 3 N–H and O–H groups in total. The Bertz CT molecular complexity index is 254. The van der Waals surface area contributed by atoms with Gasteiger partial charge in [-0.2, -0.15) is 0 Å². The van der Waals surface area contributed by atoms with E-state index in [4.69, 9.17) is 0 Å². The highest BCUT2D eigenvalue weighted by Gasteiger charge is 2.30. The molecule has 0 aliphatic heterocycles. The van der Waals surface area contributed by atoms with Gasteiger partial charge in [-0.25, -0.2) is 0 Å². The van der Waals surface area contributed by atoms with Crippen molar-refractivity contribution in [2.24, 2.45) is 5.92 Å². The molecule has 0 bridgehead atoms. The van der Waals surface area contributed by atoms with Gasteiger partial charge in [0.25, 0.3) is 0 Å². The lowest BCUT2D eigenvalue weighted by atomic mass is 9.95. The van der Waals surface area contributed by atoms with Crippen molar-refractivity contribution in [3.05, 3.63) is 0 Å². The molecule has 0 aromatic carbocycles. The normalized spacial score (nSPS) is 20.2. The first-order valence-corrected chi connectivity index (χ1v) is 8.46. The Kier molecular flexibility index (Phi) is 7.49. The van der Waals surface area contributed by atoms with E-state index in [1.54, 1.807) is 0 Å². The SMILES string of the molecule is C[C@@H](CCCC(C)(C)O)CCNCCC1(O)CCCC1. The molecule has 0 aromatic rings. The molecule has 1 aliphatic carbocycles. The van der Waals surface area contributed by atoms with Crippen LogP contribution in [0, 0.1) is 5.92 Å². The van der Waals surface area contributed by atoms with Crippen LogP contribution in [0.15, 0.2) is 0 Å². The van der Waals surface area contributed by atoms with Crippen molar-refractivity contribution < 1.29 is 10.2 Å². The van der Waals surface area contributed by atoms with E-state index in [1.807, 2.05) is 13.8 Å². The molecule has 0 aromatic heterocycles. The Labute approximate surface area is 125 Å². The average Bonchev–Trinajstić information content (AvgIpc) is 2.74. The summed E-state index contributed by atoms with van der Waals surface area (Å²) < 4.78 is 0. The molecule has 120 valence electrons. The third-order valence-corrected chi connectivity index (χ3v) is 4.60. The van der Waals surface area contributed by atoms with Crippen molar-refractivity contribution in [3.8, 4) is 0 Å². The maximum absolute atomic E-state index is 10.2. The van der Waals surface area contributed by atoms with E-state index in [2.05, 4.69) is 12.2 Å². The number of aliphatic hydroxyl groups is 2. The van der Waals surface area contributed by atoms with Crippen LogP contribution in [0.5, 0.6) is 0 Å². The second-order valence-corrected chi connectivity index (χ2v) is 7.53. The molecule has 3 heteroatoms. The van der Waals surface area contributed by atoms with Gasteiger partial charge in [0.1, 0.15) is 0 Å². The van der Waals surface area contributed by atoms with Crippen LogP contribution >= 0.6 is 0 Å². The van der Waals surface area contributed by atoms with E-state index in [0.29, 0.717) is 5.92 Å². The van der Waals surface area contributed by atoms with Crippen molar-refractivity contribution in [2.45, 2.75) is 89.8 Å². The predicted octanol–water partition coefficient (Wildman–Crippen LogP) is 3.24. The molecule has 0 radical (unpaired) electrons. The van der Waals surface area contributed by atoms with Crippen LogP contribution in [0.25, 0.3) is 0 Å². The van der Waals surface area contributed by atoms with E-state index < -0.39 is 5.60 Å². The third-order valence-electron chi connectivity index (χ3n) is 4.60. The number of rotatable bonds is 10. The molecule has 1 atom stereocenters. The van der Waals surface area contributed by atoms with Crippen LogP contribution in [0.1, 0.15) is 78.6 Å². The maximum atomic E-state index is 10.2. The van der Waals surface area contributed by atoms with Crippen molar-refractivity contribution >= 4 is 0 Å². The van der Waals surface area contributed by atoms with Crippen molar-refractivity contribution in [2.75, 3.05) is 13.1 Å². The zero-order valence-corrected chi connectivity index (χ0v) is 13.7. The molecular weight excluding hydrogens is 250 g/mol. The van der Waals surface area contributed by atoms with Gasteiger partial charge in [0.05, 0.1) is 11.2 Å². The minimum Gasteiger partial charge on any atom is -0.390 e. The molecule has 0 unspecified atom stereocenters. The summed E-state index contributed by atoms with van der Waals surface area (Å²) in [6.07, 6.45) is 9.62. The summed E-state index contributed by atoms with van der Waals surface area (Å²) >= 11 is 0. The van der Waals surface area contributed by atoms with Crippen LogP contribution in [0.4, 0.5) is 0 Å². The van der Waals surface area contributed by atoms with Crippen molar-refractivity contribution in [3.63, 3.8) is 0 Å². The Balaban J connectivity index is 1.95. The van der Waals surface area contributed by atoms with Crippen LogP contribution < -0.4 is 5.32 Å². The fraction of sp³-hybridized carbons (Fsp3) is 1.00. The fourth-order valence-electron chi connectivity index (χ4n) is 3.11. The quantitative estimate of drug-likeness (QED) is 0.540. The second-order valence-electron chi connectivity index (χ2n) is 7.53. The molecule has 0 saturated heterocycles. The molecule has 1 aliphatic rings. The molecule has 0 heterocycles. The number of hydrogen-bond donors (Lipinski definition) is 3. The van der Waals surface area contributed by atoms with Gasteiger partial charge >= 0.3 is 0 Å². The molecule has 20 heavy (non-hydrogen) atoms. The summed E-state index contributed by atoms with van der Waals surface area (Å²) in [5.41, 5.74) is -0.889. The van der Waals surface area contributed by atoms with Gasteiger partial charge in [0, 0.05) is 0 Å². The Morgan fingerprint density at radius 3 is 2.40 bits per heavy atom. The Morgan fingerprint density at radius 1 is 1.15 bits per heavy atom. The maximum Gasteiger partial charge on any atom is 0.0659 e. The van der Waals surface area contributed by atoms with Gasteiger partial charge in [-0.15, -0.1) is 0 Å². The first kappa shape index (κ1) is 17.9. The summed E-state index contributed by atoms with van der Waals surface area (Å²) in [6, 6.07) is 0. The minimum atomic E-state index is -0.519. The standard InChI is InChI=1S/C17H35NO2/c1-15(7-6-9-16(2,3)19)8-13-18-14-12-17(20)10-4-5-11-17/h15,18-20H,4-14H2,1-3H3/t15-/m0/s1. The van der Waals surface area contributed by atoms with Crippen LogP contribution in [0.3, 0.4) is 0 Å². The lowest BCUT2D eigenvalue weighted by Crippen LogP contribution is -2.30. The van der Waals surface area contributed by atoms with Crippen LogP contribution in [-0.2, 0) is 0 Å². The van der Waals surface area contributed by atoms with Crippen LogP contribution in [-0.4, -0.2) is 34.5 Å². The molecule has 1 fully saturated rings. The van der Waals surface area contributed by atoms with Crippen molar-refractivity contribution in [1.82, 2.24) is 5.32 Å². The average molecular weight is 285 g/mol. The monoisotopic (exact) mass is 285 g/mol. The number of nitrogens with one attached hydrogen (secondary N) is 1. The van der Waals surface area contributed by atoms with E-state index in [-0.39, 0.29) is 5.60 Å². The fourth-order valence-corrected chi connectivity index (χ4v) is 3.11. The summed E-state index contributed by atoms with van der Waals surface area (Å²) in [4.78, 5) is 0. The highest BCUT2D eigenvalue weighted by molar-refractivity contribution is 4.84. The molecule has 3 nitrogen and oxygen atoms in total. The molecular formula is C17H35NO2. The summed E-state index contributed by atoms with van der Waals surface area (Å²) in [6.45, 7) is 8.03. The third kappa shape index (κ3) is 8.23.